The Morgan fingerprint density at radius 1 is 1.38 bits per heavy atom. The fourth-order valence-corrected chi connectivity index (χ4v) is 2.95. The number of piperidine rings is 1. The maximum Gasteiger partial charge on any atom is 0.410 e. The van der Waals surface area contributed by atoms with Crippen molar-refractivity contribution in [2.75, 3.05) is 13.1 Å². The van der Waals surface area contributed by atoms with Crippen LogP contribution in [0, 0.1) is 11.2 Å². The van der Waals surface area contributed by atoms with E-state index < -0.39 is 5.60 Å². The number of carbonyl (C=O) groups is 1. The Morgan fingerprint density at radius 3 is 2.67 bits per heavy atom. The summed E-state index contributed by atoms with van der Waals surface area (Å²) in [6.45, 7) is 11.3. The second-order valence-corrected chi connectivity index (χ2v) is 8.11. The van der Waals surface area contributed by atoms with Crippen LogP contribution < -0.4 is 0 Å². The molecule has 1 amide bonds. The van der Waals surface area contributed by atoms with Gasteiger partial charge in [-0.1, -0.05) is 26.0 Å². The van der Waals surface area contributed by atoms with Crippen molar-refractivity contribution in [3.05, 3.63) is 35.6 Å². The number of carbonyl (C=O) groups excluding carboxylic acids is 1. The van der Waals surface area contributed by atoms with Gasteiger partial charge in [0, 0.05) is 18.5 Å². The van der Waals surface area contributed by atoms with Crippen LogP contribution in [0.2, 0.25) is 0 Å². The van der Waals surface area contributed by atoms with Crippen LogP contribution in [0.15, 0.2) is 24.3 Å². The highest BCUT2D eigenvalue weighted by molar-refractivity contribution is 5.68. The van der Waals surface area contributed by atoms with E-state index in [1.54, 1.807) is 11.0 Å². The zero-order valence-corrected chi connectivity index (χ0v) is 15.3. The summed E-state index contributed by atoms with van der Waals surface area (Å²) < 4.78 is 24.7. The lowest BCUT2D eigenvalue weighted by Crippen LogP contribution is -2.52. The summed E-state index contributed by atoms with van der Waals surface area (Å²) in [5.41, 5.74) is 0.134. The molecule has 1 aliphatic heterocycles. The molecule has 0 bridgehead atoms. The van der Waals surface area contributed by atoms with Crippen molar-refractivity contribution in [3.8, 4) is 0 Å². The van der Waals surface area contributed by atoms with E-state index in [4.69, 9.17) is 9.47 Å². The average Bonchev–Trinajstić information content (AvgIpc) is 2.43. The summed E-state index contributed by atoms with van der Waals surface area (Å²) in [4.78, 5) is 14.0. The van der Waals surface area contributed by atoms with Crippen molar-refractivity contribution in [1.29, 1.82) is 0 Å². The van der Waals surface area contributed by atoms with Gasteiger partial charge in [-0.15, -0.1) is 0 Å². The molecule has 1 fully saturated rings. The largest absolute Gasteiger partial charge is 0.444 e. The van der Waals surface area contributed by atoms with Gasteiger partial charge in [0.1, 0.15) is 11.4 Å². The molecule has 1 heterocycles. The van der Waals surface area contributed by atoms with Crippen LogP contribution in [0.5, 0.6) is 0 Å². The number of hydrogen-bond donors (Lipinski definition) is 0. The van der Waals surface area contributed by atoms with Gasteiger partial charge >= 0.3 is 6.09 Å². The second kappa shape index (κ2) is 7.09. The lowest BCUT2D eigenvalue weighted by Gasteiger charge is -2.44. The minimum Gasteiger partial charge on any atom is -0.444 e. The molecule has 0 radical (unpaired) electrons. The van der Waals surface area contributed by atoms with Gasteiger partial charge in [0.05, 0.1) is 12.7 Å². The molecule has 5 heteroatoms. The van der Waals surface area contributed by atoms with Crippen LogP contribution in [-0.2, 0) is 16.1 Å². The summed E-state index contributed by atoms with van der Waals surface area (Å²) in [7, 11) is 0. The number of ether oxygens (including phenoxy) is 2. The van der Waals surface area contributed by atoms with Crippen molar-refractivity contribution in [3.63, 3.8) is 0 Å². The Kier molecular flexibility index (Phi) is 5.53. The fraction of sp³-hybridized carbons (Fsp3) is 0.632. The van der Waals surface area contributed by atoms with Gasteiger partial charge in [-0.25, -0.2) is 9.18 Å². The molecule has 1 unspecified atom stereocenters. The molecule has 0 N–H and O–H groups in total. The first-order valence-corrected chi connectivity index (χ1v) is 8.41. The van der Waals surface area contributed by atoms with E-state index in [1.165, 1.54) is 12.1 Å². The molecule has 2 rings (SSSR count). The van der Waals surface area contributed by atoms with Crippen LogP contribution >= 0.6 is 0 Å². The van der Waals surface area contributed by atoms with E-state index in [0.717, 1.165) is 12.0 Å². The Balaban J connectivity index is 1.92. The maximum atomic E-state index is 13.2. The average molecular weight is 337 g/mol. The van der Waals surface area contributed by atoms with E-state index in [2.05, 4.69) is 13.8 Å². The molecule has 0 aliphatic carbocycles. The molecule has 24 heavy (non-hydrogen) atoms. The molecule has 0 aromatic heterocycles. The van der Waals surface area contributed by atoms with Gasteiger partial charge in [0.2, 0.25) is 0 Å². The van der Waals surface area contributed by atoms with Crippen molar-refractivity contribution in [2.24, 2.45) is 5.41 Å². The molecule has 1 atom stereocenters. The Labute approximate surface area is 143 Å². The van der Waals surface area contributed by atoms with Crippen LogP contribution in [0.4, 0.5) is 9.18 Å². The second-order valence-electron chi connectivity index (χ2n) is 8.11. The quantitative estimate of drug-likeness (QED) is 0.822. The number of amides is 1. The van der Waals surface area contributed by atoms with Crippen molar-refractivity contribution in [2.45, 2.75) is 59.4 Å². The number of halogens is 1. The molecule has 1 aromatic carbocycles. The highest BCUT2D eigenvalue weighted by atomic mass is 19.1. The summed E-state index contributed by atoms with van der Waals surface area (Å²) >= 11 is 0. The summed E-state index contributed by atoms with van der Waals surface area (Å²) in [6, 6.07) is 6.45. The molecule has 1 aromatic rings. The first kappa shape index (κ1) is 18.7. The van der Waals surface area contributed by atoms with Crippen LogP contribution in [0.1, 0.15) is 46.6 Å². The van der Waals surface area contributed by atoms with Gasteiger partial charge in [0.25, 0.3) is 0 Å². The van der Waals surface area contributed by atoms with E-state index >= 15 is 0 Å². The van der Waals surface area contributed by atoms with Crippen molar-refractivity contribution in [1.82, 2.24) is 4.90 Å². The Hall–Kier alpha value is -1.62. The third kappa shape index (κ3) is 5.20. The Morgan fingerprint density at radius 2 is 2.08 bits per heavy atom. The van der Waals surface area contributed by atoms with Gasteiger partial charge in [-0.2, -0.15) is 0 Å². The molecule has 1 saturated heterocycles. The monoisotopic (exact) mass is 337 g/mol. The highest BCUT2D eigenvalue weighted by Crippen LogP contribution is 2.33. The van der Waals surface area contributed by atoms with E-state index in [-0.39, 0.29) is 23.4 Å². The molecule has 1 aliphatic rings. The lowest BCUT2D eigenvalue weighted by atomic mass is 9.81. The number of nitrogens with zero attached hydrogens (tertiary/aromatic N) is 1. The number of benzene rings is 1. The minimum atomic E-state index is -0.494. The maximum absolute atomic E-state index is 13.2. The number of rotatable bonds is 3. The third-order valence-electron chi connectivity index (χ3n) is 4.12. The van der Waals surface area contributed by atoms with Crippen LogP contribution in [-0.4, -0.2) is 35.8 Å². The predicted molar refractivity (Wildman–Crippen MR) is 91.2 cm³/mol. The molecular weight excluding hydrogens is 309 g/mol. The Bertz CT molecular complexity index is 580. The minimum absolute atomic E-state index is 0.0134. The SMILES string of the molecule is CC(C)(C)OC(=O)N1CCC(OCc2cccc(F)c2)C(C)(C)C1. The van der Waals surface area contributed by atoms with Crippen LogP contribution in [0.3, 0.4) is 0 Å². The summed E-state index contributed by atoms with van der Waals surface area (Å²) in [6.07, 6.45) is 0.472. The van der Waals surface area contributed by atoms with Crippen molar-refractivity contribution >= 4 is 6.09 Å². The molecule has 134 valence electrons. The molecule has 4 nitrogen and oxygen atoms in total. The first-order chi connectivity index (χ1) is 11.1. The fourth-order valence-electron chi connectivity index (χ4n) is 2.95. The normalized spacial score (nSPS) is 20.8. The van der Waals surface area contributed by atoms with Gasteiger partial charge in [-0.05, 0) is 44.9 Å². The van der Waals surface area contributed by atoms with E-state index in [9.17, 15) is 9.18 Å². The molecule has 0 spiro atoms. The first-order valence-electron chi connectivity index (χ1n) is 8.41. The molecular formula is C19H28FNO3. The lowest BCUT2D eigenvalue weighted by molar-refractivity contribution is -0.0822. The van der Waals surface area contributed by atoms with Gasteiger partial charge in [0.15, 0.2) is 0 Å². The van der Waals surface area contributed by atoms with Crippen LogP contribution in [0.25, 0.3) is 0 Å². The number of likely N-dealkylation sites (tertiary alicyclic amines) is 1. The predicted octanol–water partition coefficient (Wildman–Crippen LogP) is 4.38. The van der Waals surface area contributed by atoms with Crippen molar-refractivity contribution < 1.29 is 18.7 Å². The zero-order valence-electron chi connectivity index (χ0n) is 15.3. The van der Waals surface area contributed by atoms with E-state index in [1.807, 2.05) is 26.8 Å². The standard InChI is InChI=1S/C19H28FNO3/c1-18(2,3)24-17(22)21-10-9-16(19(4,5)13-21)23-12-14-7-6-8-15(20)11-14/h6-8,11,16H,9-10,12-13H2,1-5H3. The summed E-state index contributed by atoms with van der Waals surface area (Å²) in [5, 5.41) is 0. The topological polar surface area (TPSA) is 38.8 Å². The summed E-state index contributed by atoms with van der Waals surface area (Å²) in [5.74, 6) is -0.255. The zero-order chi connectivity index (χ0) is 18.0. The number of hydrogen-bond acceptors (Lipinski definition) is 3. The third-order valence-corrected chi connectivity index (χ3v) is 4.12. The highest BCUT2D eigenvalue weighted by Gasteiger charge is 2.39. The van der Waals surface area contributed by atoms with E-state index in [0.29, 0.717) is 19.7 Å². The smallest absolute Gasteiger partial charge is 0.410 e. The molecule has 0 saturated carbocycles. The van der Waals surface area contributed by atoms with Gasteiger partial charge in [-0.3, -0.25) is 0 Å². The van der Waals surface area contributed by atoms with Gasteiger partial charge < -0.3 is 14.4 Å².